The van der Waals surface area contributed by atoms with Crippen molar-refractivity contribution >= 4 is 5.69 Å². The van der Waals surface area contributed by atoms with Gasteiger partial charge in [0.2, 0.25) is 0 Å². The second-order valence-corrected chi connectivity index (χ2v) is 4.35. The Labute approximate surface area is 104 Å². The SMILES string of the molecule is Nc1ccc(Oc2nccn(C3CC3)c2=O)cc1. The third-order valence-electron chi connectivity index (χ3n) is 2.87. The van der Waals surface area contributed by atoms with Gasteiger partial charge >= 0.3 is 5.56 Å². The van der Waals surface area contributed by atoms with Crippen LogP contribution in [0.1, 0.15) is 18.9 Å². The summed E-state index contributed by atoms with van der Waals surface area (Å²) in [4.78, 5) is 16.1. The Morgan fingerprint density at radius 3 is 2.67 bits per heavy atom. The van der Waals surface area contributed by atoms with Crippen LogP contribution in [0.25, 0.3) is 0 Å². The summed E-state index contributed by atoms with van der Waals surface area (Å²) in [6.45, 7) is 0. The number of hydrogen-bond donors (Lipinski definition) is 1. The molecule has 0 atom stereocenters. The lowest BCUT2D eigenvalue weighted by atomic mass is 10.3. The Balaban J connectivity index is 1.90. The quantitative estimate of drug-likeness (QED) is 0.836. The highest BCUT2D eigenvalue weighted by Crippen LogP contribution is 2.33. The highest BCUT2D eigenvalue weighted by Gasteiger charge is 2.25. The van der Waals surface area contributed by atoms with Gasteiger partial charge in [-0.05, 0) is 37.1 Å². The minimum Gasteiger partial charge on any atom is -0.435 e. The minimum atomic E-state index is -0.183. The van der Waals surface area contributed by atoms with Crippen molar-refractivity contribution in [2.24, 2.45) is 0 Å². The molecule has 1 aliphatic carbocycles. The molecule has 0 amide bonds. The fourth-order valence-electron chi connectivity index (χ4n) is 1.76. The van der Waals surface area contributed by atoms with Crippen molar-refractivity contribution in [3.63, 3.8) is 0 Å². The van der Waals surface area contributed by atoms with Crippen LogP contribution in [0.15, 0.2) is 41.5 Å². The topological polar surface area (TPSA) is 70.1 Å². The average Bonchev–Trinajstić information content (AvgIpc) is 3.19. The van der Waals surface area contributed by atoms with Crippen LogP contribution in [0.5, 0.6) is 11.6 Å². The molecule has 1 aromatic carbocycles. The fraction of sp³-hybridized carbons (Fsp3) is 0.231. The van der Waals surface area contributed by atoms with Crippen LogP contribution in [-0.4, -0.2) is 9.55 Å². The molecule has 5 heteroatoms. The van der Waals surface area contributed by atoms with Crippen LogP contribution < -0.4 is 16.0 Å². The standard InChI is InChI=1S/C13H13N3O2/c14-9-1-5-11(6-2-9)18-12-13(17)16(8-7-15-12)10-3-4-10/h1-2,5-8,10H,3-4,14H2. The van der Waals surface area contributed by atoms with Crippen molar-refractivity contribution in [2.75, 3.05) is 5.73 Å². The Morgan fingerprint density at radius 2 is 2.00 bits per heavy atom. The van der Waals surface area contributed by atoms with E-state index in [1.807, 2.05) is 0 Å². The van der Waals surface area contributed by atoms with Gasteiger partial charge in [0.25, 0.3) is 5.88 Å². The number of aromatic nitrogens is 2. The summed E-state index contributed by atoms with van der Waals surface area (Å²) in [6, 6.07) is 7.18. The van der Waals surface area contributed by atoms with Gasteiger partial charge in [-0.15, -0.1) is 0 Å². The number of ether oxygens (including phenoxy) is 1. The molecule has 0 saturated heterocycles. The summed E-state index contributed by atoms with van der Waals surface area (Å²) < 4.78 is 7.16. The Kier molecular flexibility index (Phi) is 2.51. The number of rotatable bonds is 3. The van der Waals surface area contributed by atoms with Gasteiger partial charge in [0.1, 0.15) is 5.75 Å². The highest BCUT2D eigenvalue weighted by atomic mass is 16.5. The molecule has 1 aromatic heterocycles. The minimum absolute atomic E-state index is 0.106. The summed E-state index contributed by atoms with van der Waals surface area (Å²) in [7, 11) is 0. The maximum atomic E-state index is 12.1. The number of nitrogens with two attached hydrogens (primary N) is 1. The lowest BCUT2D eigenvalue weighted by Gasteiger charge is -2.07. The van der Waals surface area contributed by atoms with Gasteiger partial charge in [0, 0.05) is 24.1 Å². The van der Waals surface area contributed by atoms with Crippen LogP contribution >= 0.6 is 0 Å². The summed E-state index contributed by atoms with van der Waals surface area (Å²) in [5, 5.41) is 0. The largest absolute Gasteiger partial charge is 0.435 e. The maximum absolute atomic E-state index is 12.1. The zero-order valence-corrected chi connectivity index (χ0v) is 9.74. The fourth-order valence-corrected chi connectivity index (χ4v) is 1.76. The van der Waals surface area contributed by atoms with E-state index in [1.54, 1.807) is 41.2 Å². The van der Waals surface area contributed by atoms with Gasteiger partial charge in [-0.1, -0.05) is 0 Å². The first-order valence-electron chi connectivity index (χ1n) is 5.84. The molecule has 0 aliphatic heterocycles. The molecule has 2 N–H and O–H groups in total. The van der Waals surface area contributed by atoms with Gasteiger partial charge in [0.05, 0.1) is 0 Å². The molecule has 1 saturated carbocycles. The number of hydrogen-bond acceptors (Lipinski definition) is 4. The molecule has 0 unspecified atom stereocenters. The summed E-state index contributed by atoms with van der Waals surface area (Å²) >= 11 is 0. The summed E-state index contributed by atoms with van der Waals surface area (Å²) in [6.07, 6.45) is 5.39. The Morgan fingerprint density at radius 1 is 1.28 bits per heavy atom. The highest BCUT2D eigenvalue weighted by molar-refractivity contribution is 5.42. The van der Waals surface area contributed by atoms with Crippen molar-refractivity contribution in [3.05, 3.63) is 47.0 Å². The molecule has 2 aromatic rings. The van der Waals surface area contributed by atoms with Crippen LogP contribution in [0.3, 0.4) is 0 Å². The van der Waals surface area contributed by atoms with Gasteiger partial charge in [-0.2, -0.15) is 0 Å². The van der Waals surface area contributed by atoms with Crippen molar-refractivity contribution in [1.29, 1.82) is 0 Å². The van der Waals surface area contributed by atoms with Crippen LogP contribution in [0, 0.1) is 0 Å². The van der Waals surface area contributed by atoms with Gasteiger partial charge in [-0.25, -0.2) is 4.98 Å². The number of nitrogen functional groups attached to an aromatic ring is 1. The lowest BCUT2D eigenvalue weighted by Crippen LogP contribution is -2.20. The third-order valence-corrected chi connectivity index (χ3v) is 2.87. The molecule has 0 bridgehead atoms. The van der Waals surface area contributed by atoms with E-state index in [1.165, 1.54) is 0 Å². The molecular weight excluding hydrogens is 230 g/mol. The molecular formula is C13H13N3O2. The molecule has 18 heavy (non-hydrogen) atoms. The molecule has 5 nitrogen and oxygen atoms in total. The molecule has 0 spiro atoms. The van der Waals surface area contributed by atoms with Crippen molar-refractivity contribution in [3.8, 4) is 11.6 Å². The van der Waals surface area contributed by atoms with E-state index in [0.717, 1.165) is 12.8 Å². The second-order valence-electron chi connectivity index (χ2n) is 4.35. The predicted molar refractivity (Wildman–Crippen MR) is 67.7 cm³/mol. The lowest BCUT2D eigenvalue weighted by molar-refractivity contribution is 0.444. The third kappa shape index (κ3) is 2.07. The van der Waals surface area contributed by atoms with E-state index in [4.69, 9.17) is 10.5 Å². The van der Waals surface area contributed by atoms with E-state index in [-0.39, 0.29) is 11.4 Å². The number of benzene rings is 1. The summed E-state index contributed by atoms with van der Waals surface area (Å²) in [5.41, 5.74) is 6.05. The molecule has 1 aliphatic rings. The second kappa shape index (κ2) is 4.18. The van der Waals surface area contributed by atoms with E-state index < -0.39 is 0 Å². The number of anilines is 1. The monoisotopic (exact) mass is 243 g/mol. The van der Waals surface area contributed by atoms with E-state index >= 15 is 0 Å². The zero-order chi connectivity index (χ0) is 12.5. The Hall–Kier alpha value is -2.30. The van der Waals surface area contributed by atoms with Crippen LogP contribution in [0.2, 0.25) is 0 Å². The zero-order valence-electron chi connectivity index (χ0n) is 9.74. The van der Waals surface area contributed by atoms with Gasteiger partial charge in [-0.3, -0.25) is 4.79 Å². The van der Waals surface area contributed by atoms with E-state index in [2.05, 4.69) is 4.98 Å². The summed E-state index contributed by atoms with van der Waals surface area (Å²) in [5.74, 6) is 0.663. The smallest absolute Gasteiger partial charge is 0.313 e. The predicted octanol–water partition coefficient (Wildman–Crippen LogP) is 1.95. The first-order chi connectivity index (χ1) is 8.74. The van der Waals surface area contributed by atoms with Gasteiger partial charge < -0.3 is 15.0 Å². The maximum Gasteiger partial charge on any atom is 0.313 e. The van der Waals surface area contributed by atoms with Crippen molar-refractivity contribution < 1.29 is 4.74 Å². The first kappa shape index (κ1) is 10.8. The Bertz CT molecular complexity index is 615. The normalized spacial score (nSPS) is 14.4. The molecule has 92 valence electrons. The van der Waals surface area contributed by atoms with Crippen molar-refractivity contribution in [2.45, 2.75) is 18.9 Å². The van der Waals surface area contributed by atoms with E-state index in [9.17, 15) is 4.79 Å². The molecule has 1 heterocycles. The van der Waals surface area contributed by atoms with Crippen LogP contribution in [-0.2, 0) is 0 Å². The molecule has 3 rings (SSSR count). The number of nitrogens with zero attached hydrogens (tertiary/aromatic N) is 2. The average molecular weight is 243 g/mol. The molecule has 0 radical (unpaired) electrons. The van der Waals surface area contributed by atoms with Crippen molar-refractivity contribution in [1.82, 2.24) is 9.55 Å². The first-order valence-corrected chi connectivity index (χ1v) is 5.84. The molecule has 1 fully saturated rings. The van der Waals surface area contributed by atoms with E-state index in [0.29, 0.717) is 17.5 Å². The van der Waals surface area contributed by atoms with Gasteiger partial charge in [0.15, 0.2) is 0 Å². The van der Waals surface area contributed by atoms with Crippen LogP contribution in [0.4, 0.5) is 5.69 Å².